The minimum absolute atomic E-state index is 0.495. The normalized spacial score (nSPS) is 21.4. The highest BCUT2D eigenvalue weighted by molar-refractivity contribution is 7.15. The van der Waals surface area contributed by atoms with E-state index in [1.165, 1.54) is 19.3 Å². The van der Waals surface area contributed by atoms with E-state index in [0.717, 1.165) is 23.2 Å². The lowest BCUT2D eigenvalue weighted by molar-refractivity contribution is 0.325. The molecule has 15 heavy (non-hydrogen) atoms. The Morgan fingerprint density at radius 3 is 2.67 bits per heavy atom. The van der Waals surface area contributed by atoms with Gasteiger partial charge >= 0.3 is 0 Å². The van der Waals surface area contributed by atoms with Gasteiger partial charge in [-0.1, -0.05) is 25.2 Å². The molecule has 0 spiro atoms. The lowest BCUT2D eigenvalue weighted by Crippen LogP contribution is -2.24. The summed E-state index contributed by atoms with van der Waals surface area (Å²) in [5.41, 5.74) is 0.495. The molecule has 0 unspecified atom stereocenters. The summed E-state index contributed by atoms with van der Waals surface area (Å²) >= 11 is 1.71. The Morgan fingerprint density at radius 1 is 1.20 bits per heavy atom. The Balaban J connectivity index is 2.05. The first-order valence-electron chi connectivity index (χ1n) is 5.62. The minimum Gasteiger partial charge on any atom is -0.347 e. The van der Waals surface area contributed by atoms with Crippen LogP contribution in [0.2, 0.25) is 0 Å². The Hall–Kier alpha value is -0.640. The second-order valence-electron chi connectivity index (χ2n) is 5.11. The minimum atomic E-state index is 0.495. The molecular formula is C11H19N3S. The molecule has 0 amide bonds. The molecule has 4 heteroatoms. The van der Waals surface area contributed by atoms with Gasteiger partial charge in [0.15, 0.2) is 0 Å². The van der Waals surface area contributed by atoms with E-state index in [1.54, 1.807) is 11.3 Å². The van der Waals surface area contributed by atoms with Gasteiger partial charge in [0.1, 0.15) is 5.01 Å². The van der Waals surface area contributed by atoms with Gasteiger partial charge in [-0.25, -0.2) is 0 Å². The molecule has 3 nitrogen and oxygen atoms in total. The summed E-state index contributed by atoms with van der Waals surface area (Å²) in [5, 5.41) is 10.5. The predicted molar refractivity (Wildman–Crippen MR) is 64.5 cm³/mol. The van der Waals surface area contributed by atoms with Crippen LogP contribution < -0.4 is 4.90 Å². The van der Waals surface area contributed by atoms with E-state index in [0.29, 0.717) is 5.41 Å². The van der Waals surface area contributed by atoms with Crippen molar-refractivity contribution < 1.29 is 0 Å². The molecule has 2 heterocycles. The van der Waals surface area contributed by atoms with Crippen LogP contribution in [0.3, 0.4) is 0 Å². The van der Waals surface area contributed by atoms with Gasteiger partial charge in [-0.2, -0.15) is 0 Å². The summed E-state index contributed by atoms with van der Waals surface area (Å²) in [4.78, 5) is 2.39. The van der Waals surface area contributed by atoms with Crippen molar-refractivity contribution in [3.63, 3.8) is 0 Å². The molecule has 84 valence electrons. The van der Waals surface area contributed by atoms with Crippen molar-refractivity contribution in [2.24, 2.45) is 5.41 Å². The van der Waals surface area contributed by atoms with Crippen LogP contribution in [-0.4, -0.2) is 23.3 Å². The van der Waals surface area contributed by atoms with Crippen LogP contribution in [0.1, 0.15) is 38.1 Å². The zero-order valence-electron chi connectivity index (χ0n) is 9.79. The molecule has 1 aromatic heterocycles. The van der Waals surface area contributed by atoms with Gasteiger partial charge in [-0.3, -0.25) is 0 Å². The Kier molecular flexibility index (Phi) is 2.96. The highest BCUT2D eigenvalue weighted by atomic mass is 32.1. The van der Waals surface area contributed by atoms with Crippen molar-refractivity contribution in [2.45, 2.75) is 40.0 Å². The van der Waals surface area contributed by atoms with Crippen LogP contribution in [0.25, 0.3) is 0 Å². The van der Waals surface area contributed by atoms with E-state index in [-0.39, 0.29) is 0 Å². The molecular weight excluding hydrogens is 206 g/mol. The highest BCUT2D eigenvalue weighted by Crippen LogP contribution is 2.32. The third-order valence-corrected chi connectivity index (χ3v) is 4.03. The third kappa shape index (κ3) is 2.68. The van der Waals surface area contributed by atoms with Gasteiger partial charge in [0.2, 0.25) is 5.13 Å². The van der Waals surface area contributed by atoms with Crippen molar-refractivity contribution in [3.05, 3.63) is 5.01 Å². The van der Waals surface area contributed by atoms with Crippen LogP contribution in [0.5, 0.6) is 0 Å². The van der Waals surface area contributed by atoms with Crippen molar-refractivity contribution >= 4 is 16.5 Å². The molecule has 1 aromatic rings. The summed E-state index contributed by atoms with van der Waals surface area (Å²) in [7, 11) is 0. The molecule has 1 aliphatic rings. The quantitative estimate of drug-likeness (QED) is 0.736. The number of hydrogen-bond acceptors (Lipinski definition) is 4. The van der Waals surface area contributed by atoms with E-state index in [1.807, 2.05) is 6.92 Å². The van der Waals surface area contributed by atoms with E-state index < -0.39 is 0 Å². The van der Waals surface area contributed by atoms with Gasteiger partial charge in [0, 0.05) is 13.1 Å². The maximum absolute atomic E-state index is 4.22. The Morgan fingerprint density at radius 2 is 2.00 bits per heavy atom. The van der Waals surface area contributed by atoms with Crippen molar-refractivity contribution in [1.82, 2.24) is 10.2 Å². The predicted octanol–water partition coefficient (Wildman–Crippen LogP) is 2.86. The molecule has 0 N–H and O–H groups in total. The van der Waals surface area contributed by atoms with E-state index in [9.17, 15) is 0 Å². The molecule has 0 aromatic carbocycles. The Bertz CT molecular complexity index is 332. The Labute approximate surface area is 95.5 Å². The summed E-state index contributed by atoms with van der Waals surface area (Å²) in [6.07, 6.45) is 3.85. The molecule has 0 radical (unpaired) electrons. The van der Waals surface area contributed by atoms with Crippen LogP contribution in [-0.2, 0) is 0 Å². The molecule has 1 fully saturated rings. The zero-order chi connectivity index (χ0) is 10.9. The highest BCUT2D eigenvalue weighted by Gasteiger charge is 2.24. The van der Waals surface area contributed by atoms with Gasteiger partial charge in [0.25, 0.3) is 0 Å². The van der Waals surface area contributed by atoms with Crippen LogP contribution in [0, 0.1) is 12.3 Å². The molecule has 0 saturated carbocycles. The lowest BCUT2D eigenvalue weighted by atomic mass is 9.85. The molecule has 2 rings (SSSR count). The molecule has 1 aliphatic heterocycles. The van der Waals surface area contributed by atoms with E-state index >= 15 is 0 Å². The second-order valence-corrected chi connectivity index (χ2v) is 6.27. The maximum atomic E-state index is 4.22. The van der Waals surface area contributed by atoms with Gasteiger partial charge in [-0.15, -0.1) is 10.2 Å². The van der Waals surface area contributed by atoms with Gasteiger partial charge in [0.05, 0.1) is 0 Å². The first-order valence-corrected chi connectivity index (χ1v) is 6.44. The molecule has 1 saturated heterocycles. The fraction of sp³-hybridized carbons (Fsp3) is 0.818. The van der Waals surface area contributed by atoms with Gasteiger partial charge in [-0.05, 0) is 31.6 Å². The molecule has 0 aliphatic carbocycles. The first-order chi connectivity index (χ1) is 7.07. The summed E-state index contributed by atoms with van der Waals surface area (Å²) < 4.78 is 0. The summed E-state index contributed by atoms with van der Waals surface area (Å²) in [6, 6.07) is 0. The van der Waals surface area contributed by atoms with Gasteiger partial charge < -0.3 is 4.90 Å². The van der Waals surface area contributed by atoms with Crippen molar-refractivity contribution in [1.29, 1.82) is 0 Å². The average molecular weight is 225 g/mol. The number of anilines is 1. The number of nitrogens with zero attached hydrogens (tertiary/aromatic N) is 3. The number of hydrogen-bond donors (Lipinski definition) is 0. The molecule has 0 atom stereocenters. The molecule has 0 bridgehead atoms. The first kappa shape index (κ1) is 10.9. The van der Waals surface area contributed by atoms with Crippen molar-refractivity contribution in [3.8, 4) is 0 Å². The second kappa shape index (κ2) is 4.08. The average Bonchev–Trinajstić information content (AvgIpc) is 2.49. The number of aromatic nitrogens is 2. The largest absolute Gasteiger partial charge is 0.347 e. The van der Waals surface area contributed by atoms with E-state index in [4.69, 9.17) is 0 Å². The van der Waals surface area contributed by atoms with E-state index in [2.05, 4.69) is 28.9 Å². The smallest absolute Gasteiger partial charge is 0.208 e. The zero-order valence-corrected chi connectivity index (χ0v) is 10.6. The maximum Gasteiger partial charge on any atom is 0.208 e. The fourth-order valence-corrected chi connectivity index (χ4v) is 2.77. The van der Waals surface area contributed by atoms with Crippen LogP contribution in [0.15, 0.2) is 0 Å². The monoisotopic (exact) mass is 225 g/mol. The number of rotatable bonds is 1. The summed E-state index contributed by atoms with van der Waals surface area (Å²) in [6.45, 7) is 9.01. The van der Waals surface area contributed by atoms with Crippen LogP contribution in [0.4, 0.5) is 5.13 Å². The topological polar surface area (TPSA) is 29.0 Å². The van der Waals surface area contributed by atoms with Crippen LogP contribution >= 0.6 is 11.3 Å². The number of aryl methyl sites for hydroxylation is 1. The fourth-order valence-electron chi connectivity index (χ4n) is 2.03. The lowest BCUT2D eigenvalue weighted by Gasteiger charge is -2.22. The SMILES string of the molecule is Cc1nnc(N2CCCC(C)(C)CC2)s1. The third-order valence-electron chi connectivity index (χ3n) is 3.13. The van der Waals surface area contributed by atoms with Crippen molar-refractivity contribution in [2.75, 3.05) is 18.0 Å². The summed E-state index contributed by atoms with van der Waals surface area (Å²) in [5.74, 6) is 0. The standard InChI is InChI=1S/C11H19N3S/c1-9-12-13-10(15-9)14-7-4-5-11(2,3)6-8-14/h4-8H2,1-3H3.